The SMILES string of the molecule is CCCCCCCCc1ccc(C(=O)NNC(=O)C(C)CCCCCCC(C)C(=O)NNC(=O)c2ccc(CCCCCCCC)cc2O)c(O)c1. The quantitative estimate of drug-likeness (QED) is 0.0445. The molecule has 0 heterocycles. The highest BCUT2D eigenvalue weighted by Crippen LogP contribution is 2.22. The van der Waals surface area contributed by atoms with Crippen LogP contribution in [-0.4, -0.2) is 33.8 Å². The average molecular weight is 723 g/mol. The molecule has 4 amide bonds. The van der Waals surface area contributed by atoms with Crippen LogP contribution in [0.15, 0.2) is 36.4 Å². The van der Waals surface area contributed by atoms with Gasteiger partial charge in [0.1, 0.15) is 11.5 Å². The van der Waals surface area contributed by atoms with Crippen molar-refractivity contribution in [3.05, 3.63) is 58.7 Å². The Morgan fingerprint density at radius 2 is 0.846 bits per heavy atom. The third kappa shape index (κ3) is 17.4. The number of nitrogens with one attached hydrogen (secondary N) is 4. The van der Waals surface area contributed by atoms with E-state index in [9.17, 15) is 29.4 Å². The number of hydrogen-bond acceptors (Lipinski definition) is 6. The van der Waals surface area contributed by atoms with Crippen LogP contribution in [0.4, 0.5) is 0 Å². The van der Waals surface area contributed by atoms with Gasteiger partial charge in [0.25, 0.3) is 11.8 Å². The van der Waals surface area contributed by atoms with E-state index in [0.29, 0.717) is 12.8 Å². The smallest absolute Gasteiger partial charge is 0.273 e. The highest BCUT2D eigenvalue weighted by Gasteiger charge is 2.18. The second-order valence-corrected chi connectivity index (χ2v) is 14.4. The fraction of sp³-hybridized carbons (Fsp3) is 0.619. The van der Waals surface area contributed by atoms with Gasteiger partial charge in [-0.3, -0.25) is 40.9 Å². The lowest BCUT2D eigenvalue weighted by Crippen LogP contribution is -2.44. The van der Waals surface area contributed by atoms with Gasteiger partial charge in [-0.05, 0) is 73.9 Å². The van der Waals surface area contributed by atoms with Crippen molar-refractivity contribution >= 4 is 23.6 Å². The molecule has 2 unspecified atom stereocenters. The molecule has 2 aromatic rings. The van der Waals surface area contributed by atoms with Crippen molar-refractivity contribution in [2.45, 2.75) is 156 Å². The lowest BCUT2D eigenvalue weighted by atomic mass is 9.99. The molecule has 0 aliphatic heterocycles. The molecule has 2 atom stereocenters. The number of hydrogen-bond donors (Lipinski definition) is 6. The summed E-state index contributed by atoms with van der Waals surface area (Å²) in [5, 5.41) is 20.8. The summed E-state index contributed by atoms with van der Waals surface area (Å²) in [5.41, 5.74) is 12.0. The number of carbonyl (C=O) groups is 4. The molecular weight excluding hydrogens is 656 g/mol. The van der Waals surface area contributed by atoms with E-state index in [0.717, 1.165) is 75.3 Å². The van der Waals surface area contributed by atoms with Gasteiger partial charge in [0.05, 0.1) is 11.1 Å². The van der Waals surface area contributed by atoms with Gasteiger partial charge < -0.3 is 10.2 Å². The summed E-state index contributed by atoms with van der Waals surface area (Å²) in [5.74, 6) is -2.52. The lowest BCUT2D eigenvalue weighted by molar-refractivity contribution is -0.126. The van der Waals surface area contributed by atoms with Crippen molar-refractivity contribution in [1.29, 1.82) is 0 Å². The maximum absolute atomic E-state index is 12.6. The number of unbranched alkanes of at least 4 members (excludes halogenated alkanes) is 13. The second kappa shape index (κ2) is 25.8. The minimum Gasteiger partial charge on any atom is -0.507 e. The molecule has 0 saturated heterocycles. The molecule has 0 aromatic heterocycles. The number of hydrazine groups is 2. The zero-order valence-electron chi connectivity index (χ0n) is 32.3. The van der Waals surface area contributed by atoms with Crippen LogP contribution in [0.5, 0.6) is 11.5 Å². The number of amides is 4. The van der Waals surface area contributed by atoms with E-state index in [1.165, 1.54) is 51.4 Å². The van der Waals surface area contributed by atoms with Crippen molar-refractivity contribution in [2.75, 3.05) is 0 Å². The Bertz CT molecular complexity index is 1280. The summed E-state index contributed by atoms with van der Waals surface area (Å²) in [7, 11) is 0. The molecule has 2 aromatic carbocycles. The molecule has 2 rings (SSSR count). The van der Waals surface area contributed by atoms with Crippen molar-refractivity contribution in [3.8, 4) is 11.5 Å². The van der Waals surface area contributed by atoms with Gasteiger partial charge >= 0.3 is 0 Å². The van der Waals surface area contributed by atoms with Gasteiger partial charge in [-0.2, -0.15) is 0 Å². The fourth-order valence-electron chi connectivity index (χ4n) is 6.20. The van der Waals surface area contributed by atoms with Crippen LogP contribution < -0.4 is 21.7 Å². The molecule has 0 radical (unpaired) electrons. The molecule has 10 heteroatoms. The van der Waals surface area contributed by atoms with E-state index >= 15 is 0 Å². The van der Waals surface area contributed by atoms with Gasteiger partial charge in [0, 0.05) is 11.8 Å². The third-order valence-electron chi connectivity index (χ3n) is 9.77. The maximum Gasteiger partial charge on any atom is 0.273 e. The van der Waals surface area contributed by atoms with Crippen LogP contribution in [0, 0.1) is 11.8 Å². The molecule has 52 heavy (non-hydrogen) atoms. The first-order valence-electron chi connectivity index (χ1n) is 19.9. The van der Waals surface area contributed by atoms with Crippen molar-refractivity contribution in [1.82, 2.24) is 21.7 Å². The maximum atomic E-state index is 12.6. The Balaban J connectivity index is 1.58. The van der Waals surface area contributed by atoms with Crippen LogP contribution in [0.3, 0.4) is 0 Å². The zero-order chi connectivity index (χ0) is 38.1. The van der Waals surface area contributed by atoms with Gasteiger partial charge in [-0.25, -0.2) is 0 Å². The minimum absolute atomic E-state index is 0.0976. The Hall–Kier alpha value is -4.08. The molecule has 0 bridgehead atoms. The normalized spacial score (nSPS) is 12.2. The number of rotatable bonds is 25. The minimum atomic E-state index is -0.562. The van der Waals surface area contributed by atoms with Crippen molar-refractivity contribution < 1.29 is 29.4 Å². The van der Waals surface area contributed by atoms with E-state index in [2.05, 4.69) is 35.6 Å². The highest BCUT2D eigenvalue weighted by molar-refractivity contribution is 5.98. The Morgan fingerprint density at radius 3 is 1.21 bits per heavy atom. The standard InChI is InChI=1S/C42H66N4O6/c1-5-7-9-11-13-19-23-33-25-27-35(37(47)29-33)41(51)45-43-39(49)31(3)21-17-15-16-18-22-32(4)40(50)44-46-42(52)36-28-26-34(30-38(36)48)24-20-14-12-10-8-6-2/h25-32,47-48H,5-24H2,1-4H3,(H,43,49)(H,44,50)(H,45,51)(H,46,52). The van der Waals surface area contributed by atoms with Crippen molar-refractivity contribution in [3.63, 3.8) is 0 Å². The largest absolute Gasteiger partial charge is 0.507 e. The fourth-order valence-corrected chi connectivity index (χ4v) is 6.20. The van der Waals surface area contributed by atoms with Crippen molar-refractivity contribution in [2.24, 2.45) is 11.8 Å². The average Bonchev–Trinajstić information content (AvgIpc) is 3.13. The number of aromatic hydroxyl groups is 2. The Labute approximate surface area is 312 Å². The van der Waals surface area contributed by atoms with Gasteiger partial charge in [-0.15, -0.1) is 0 Å². The molecular formula is C42H66N4O6. The van der Waals surface area contributed by atoms with Crippen LogP contribution in [0.2, 0.25) is 0 Å². The van der Waals surface area contributed by atoms with Gasteiger partial charge in [0.2, 0.25) is 11.8 Å². The van der Waals surface area contributed by atoms with E-state index in [1.54, 1.807) is 38.1 Å². The van der Waals surface area contributed by atoms with Crippen LogP contribution >= 0.6 is 0 Å². The van der Waals surface area contributed by atoms with Crippen LogP contribution in [0.1, 0.15) is 175 Å². The van der Waals surface area contributed by atoms with Gasteiger partial charge in [-0.1, -0.05) is 130 Å². The summed E-state index contributed by atoms with van der Waals surface area (Å²) in [4.78, 5) is 50.2. The third-order valence-corrected chi connectivity index (χ3v) is 9.77. The van der Waals surface area contributed by atoms with E-state index in [-0.39, 0.29) is 46.3 Å². The van der Waals surface area contributed by atoms with E-state index < -0.39 is 11.8 Å². The number of aryl methyl sites for hydroxylation is 2. The van der Waals surface area contributed by atoms with E-state index in [4.69, 9.17) is 0 Å². The number of phenols is 2. The monoisotopic (exact) mass is 722 g/mol. The molecule has 0 fully saturated rings. The number of benzene rings is 2. The Morgan fingerprint density at radius 1 is 0.500 bits per heavy atom. The van der Waals surface area contributed by atoms with Crippen LogP contribution in [-0.2, 0) is 22.4 Å². The molecule has 10 nitrogen and oxygen atoms in total. The molecule has 6 N–H and O–H groups in total. The summed E-state index contributed by atoms with van der Waals surface area (Å²) in [6, 6.07) is 10.1. The molecule has 0 aliphatic rings. The highest BCUT2D eigenvalue weighted by atomic mass is 16.3. The second-order valence-electron chi connectivity index (χ2n) is 14.4. The molecule has 0 saturated carbocycles. The number of carbonyl (C=O) groups excluding carboxylic acids is 4. The lowest BCUT2D eigenvalue weighted by Gasteiger charge is -2.14. The zero-order valence-corrected chi connectivity index (χ0v) is 32.3. The molecule has 290 valence electrons. The first-order chi connectivity index (χ1) is 25.1. The summed E-state index contributed by atoms with van der Waals surface area (Å²) < 4.78 is 0. The molecule has 0 aliphatic carbocycles. The predicted molar refractivity (Wildman–Crippen MR) is 208 cm³/mol. The van der Waals surface area contributed by atoms with Gasteiger partial charge in [0.15, 0.2) is 0 Å². The van der Waals surface area contributed by atoms with E-state index in [1.807, 2.05) is 12.1 Å². The number of phenolic OH excluding ortho intramolecular Hbond substituents is 2. The summed E-state index contributed by atoms with van der Waals surface area (Å²) in [6.45, 7) is 8.01. The summed E-state index contributed by atoms with van der Waals surface area (Å²) in [6.07, 6.45) is 20.7. The predicted octanol–water partition coefficient (Wildman–Crippen LogP) is 8.74. The topological polar surface area (TPSA) is 157 Å². The Kier molecular flexibility index (Phi) is 21.9. The van der Waals surface area contributed by atoms with Crippen LogP contribution in [0.25, 0.3) is 0 Å². The molecule has 0 spiro atoms. The summed E-state index contributed by atoms with van der Waals surface area (Å²) >= 11 is 0. The first-order valence-corrected chi connectivity index (χ1v) is 19.9. The first kappa shape index (κ1) is 44.1.